The molecule has 3 heterocycles. The van der Waals surface area contributed by atoms with Crippen LogP contribution in [0, 0.1) is 31.6 Å². The summed E-state index contributed by atoms with van der Waals surface area (Å²) in [5, 5.41) is 3.98. The molecule has 2 fully saturated rings. The van der Waals surface area contributed by atoms with Crippen molar-refractivity contribution in [2.75, 3.05) is 26.4 Å². The van der Waals surface area contributed by atoms with Crippen LogP contribution in [0.2, 0.25) is 0 Å². The number of benzene rings is 1. The lowest BCUT2D eigenvalue weighted by molar-refractivity contribution is 0.0622. The van der Waals surface area contributed by atoms with Crippen molar-refractivity contribution in [1.29, 1.82) is 0 Å². The fourth-order valence-electron chi connectivity index (χ4n) is 4.65. The van der Waals surface area contributed by atoms with Crippen molar-refractivity contribution in [2.45, 2.75) is 32.7 Å². The third-order valence-corrected chi connectivity index (χ3v) is 6.34. The Balaban J connectivity index is 1.45. The second-order valence-corrected chi connectivity index (χ2v) is 8.36. The number of amides is 1. The Hall–Kier alpha value is -2.34. The molecule has 1 aromatic carbocycles. The van der Waals surface area contributed by atoms with E-state index in [0.717, 1.165) is 23.8 Å². The number of hydrogen-bond acceptors (Lipinski definition) is 5. The number of rotatable bonds is 5. The average Bonchev–Trinajstić information content (AvgIpc) is 3.36. The van der Waals surface area contributed by atoms with Crippen molar-refractivity contribution < 1.29 is 18.8 Å². The van der Waals surface area contributed by atoms with E-state index in [1.165, 1.54) is 12.8 Å². The maximum Gasteiger partial charge on any atom is 0.259 e. The molecule has 1 saturated heterocycles. The highest BCUT2D eigenvalue weighted by atomic mass is 16.5. The highest BCUT2D eigenvalue weighted by molar-refractivity contribution is 5.96. The van der Waals surface area contributed by atoms with Crippen LogP contribution in [0.5, 0.6) is 5.75 Å². The van der Waals surface area contributed by atoms with Crippen molar-refractivity contribution in [1.82, 2.24) is 10.1 Å². The van der Waals surface area contributed by atoms with Gasteiger partial charge in [-0.2, -0.15) is 0 Å². The molecule has 0 bridgehead atoms. The largest absolute Gasteiger partial charge is 0.493 e. The summed E-state index contributed by atoms with van der Waals surface area (Å²) in [5.41, 5.74) is 2.32. The van der Waals surface area contributed by atoms with Crippen molar-refractivity contribution in [3.63, 3.8) is 0 Å². The number of ether oxygens (including phenoxy) is 2. The Morgan fingerprint density at radius 2 is 2.07 bits per heavy atom. The molecule has 3 aliphatic rings. The summed E-state index contributed by atoms with van der Waals surface area (Å²) in [7, 11) is 0. The fourth-order valence-corrected chi connectivity index (χ4v) is 4.65. The monoisotopic (exact) mass is 382 g/mol. The first-order chi connectivity index (χ1) is 13.6. The summed E-state index contributed by atoms with van der Waals surface area (Å²) >= 11 is 0. The Morgan fingerprint density at radius 1 is 1.25 bits per heavy atom. The molecule has 1 aromatic heterocycles. The van der Waals surface area contributed by atoms with Gasteiger partial charge in [0.15, 0.2) is 0 Å². The van der Waals surface area contributed by atoms with Gasteiger partial charge in [-0.25, -0.2) is 0 Å². The molecule has 1 aliphatic carbocycles. The van der Waals surface area contributed by atoms with E-state index in [1.807, 2.05) is 30.0 Å². The molecule has 1 amide bonds. The van der Waals surface area contributed by atoms with Gasteiger partial charge in [-0.15, -0.1) is 0 Å². The molecule has 6 nitrogen and oxygen atoms in total. The predicted octanol–water partition coefficient (Wildman–Crippen LogP) is 3.54. The normalized spacial score (nSPS) is 25.9. The Kier molecular flexibility index (Phi) is 4.38. The molecule has 0 N–H and O–H groups in total. The predicted molar refractivity (Wildman–Crippen MR) is 102 cm³/mol. The molecule has 0 radical (unpaired) electrons. The lowest BCUT2D eigenvalue weighted by Crippen LogP contribution is -2.35. The minimum Gasteiger partial charge on any atom is -0.493 e. The standard InChI is InChI=1S/C22H26N2O4/c1-13-20(14(2)28-23-13)22(25)24-9-16(11-26-10-15-7-8-15)18-12-27-19-6-4-3-5-17(19)21(18)24/h3-6,15-16,18,21H,7-12H2,1-2H3/t16-,18-,21-/m0/s1. The first-order valence-corrected chi connectivity index (χ1v) is 10.2. The summed E-state index contributed by atoms with van der Waals surface area (Å²) in [5.74, 6) is 2.68. The van der Waals surface area contributed by atoms with E-state index in [2.05, 4.69) is 11.2 Å². The van der Waals surface area contributed by atoms with Crippen LogP contribution >= 0.6 is 0 Å². The number of fused-ring (bicyclic) bond motifs is 3. The summed E-state index contributed by atoms with van der Waals surface area (Å²) in [4.78, 5) is 15.5. The van der Waals surface area contributed by atoms with E-state index in [9.17, 15) is 4.79 Å². The average molecular weight is 382 g/mol. The van der Waals surface area contributed by atoms with E-state index in [0.29, 0.717) is 36.8 Å². The van der Waals surface area contributed by atoms with Gasteiger partial charge in [-0.1, -0.05) is 23.4 Å². The molecule has 3 atom stereocenters. The molecular weight excluding hydrogens is 356 g/mol. The zero-order valence-electron chi connectivity index (χ0n) is 16.4. The van der Waals surface area contributed by atoms with Crippen molar-refractivity contribution >= 4 is 5.91 Å². The van der Waals surface area contributed by atoms with Crippen LogP contribution in [0.1, 0.15) is 46.3 Å². The molecule has 0 unspecified atom stereocenters. The summed E-state index contributed by atoms with van der Waals surface area (Å²) in [6.45, 7) is 6.42. The molecule has 2 aromatic rings. The fraction of sp³-hybridized carbons (Fsp3) is 0.545. The number of aryl methyl sites for hydroxylation is 2. The third-order valence-electron chi connectivity index (χ3n) is 6.34. The topological polar surface area (TPSA) is 64.8 Å². The van der Waals surface area contributed by atoms with Gasteiger partial charge in [0.2, 0.25) is 0 Å². The smallest absolute Gasteiger partial charge is 0.259 e. The number of para-hydroxylation sites is 1. The van der Waals surface area contributed by atoms with Crippen molar-refractivity contribution in [3.05, 3.63) is 46.8 Å². The Bertz CT molecular complexity index is 869. The van der Waals surface area contributed by atoms with E-state index >= 15 is 0 Å². The van der Waals surface area contributed by atoms with Crippen LogP contribution in [0.4, 0.5) is 0 Å². The molecule has 2 aliphatic heterocycles. The first kappa shape index (κ1) is 17.7. The number of carbonyl (C=O) groups excluding carboxylic acids is 1. The second kappa shape index (κ2) is 6.92. The van der Waals surface area contributed by atoms with Crippen LogP contribution < -0.4 is 4.74 Å². The molecule has 148 valence electrons. The number of aromatic nitrogens is 1. The van der Waals surface area contributed by atoms with E-state index in [-0.39, 0.29) is 23.8 Å². The van der Waals surface area contributed by atoms with Gasteiger partial charge in [-0.3, -0.25) is 4.79 Å². The highest BCUT2D eigenvalue weighted by Crippen LogP contribution is 2.48. The van der Waals surface area contributed by atoms with Crippen LogP contribution in [0.3, 0.4) is 0 Å². The molecule has 28 heavy (non-hydrogen) atoms. The molecule has 6 heteroatoms. The summed E-state index contributed by atoms with van der Waals surface area (Å²) in [6, 6.07) is 8.06. The Morgan fingerprint density at radius 3 is 2.82 bits per heavy atom. The minimum atomic E-state index is -0.00681. The van der Waals surface area contributed by atoms with E-state index in [1.54, 1.807) is 6.92 Å². The zero-order valence-corrected chi connectivity index (χ0v) is 16.4. The van der Waals surface area contributed by atoms with Crippen molar-refractivity contribution in [3.8, 4) is 5.75 Å². The van der Waals surface area contributed by atoms with Gasteiger partial charge < -0.3 is 18.9 Å². The third kappa shape index (κ3) is 3.00. The molecule has 1 saturated carbocycles. The number of hydrogen-bond donors (Lipinski definition) is 0. The van der Waals surface area contributed by atoms with Gasteiger partial charge in [0.05, 0.1) is 24.9 Å². The summed E-state index contributed by atoms with van der Waals surface area (Å²) in [6.07, 6.45) is 2.56. The van der Waals surface area contributed by atoms with Crippen LogP contribution in [0.25, 0.3) is 0 Å². The van der Waals surface area contributed by atoms with Crippen molar-refractivity contribution in [2.24, 2.45) is 17.8 Å². The SMILES string of the molecule is Cc1noc(C)c1C(=O)N1C[C@@H](COCC2CC2)[C@@H]2COc3ccccc3[C@@H]21. The zero-order chi connectivity index (χ0) is 19.3. The maximum atomic E-state index is 13.5. The first-order valence-electron chi connectivity index (χ1n) is 10.2. The van der Waals surface area contributed by atoms with E-state index in [4.69, 9.17) is 14.0 Å². The van der Waals surface area contributed by atoms with Gasteiger partial charge >= 0.3 is 0 Å². The van der Waals surface area contributed by atoms with Gasteiger partial charge in [-0.05, 0) is 38.7 Å². The second-order valence-electron chi connectivity index (χ2n) is 8.36. The number of likely N-dealkylation sites (tertiary alicyclic amines) is 1. The molecular formula is C22H26N2O4. The molecule has 0 spiro atoms. The minimum absolute atomic E-state index is 0.000625. The lowest BCUT2D eigenvalue weighted by atomic mass is 9.85. The highest BCUT2D eigenvalue weighted by Gasteiger charge is 2.49. The lowest BCUT2D eigenvalue weighted by Gasteiger charge is -2.34. The summed E-state index contributed by atoms with van der Waals surface area (Å²) < 4.78 is 17.3. The van der Waals surface area contributed by atoms with Gasteiger partial charge in [0.25, 0.3) is 5.91 Å². The quantitative estimate of drug-likeness (QED) is 0.791. The van der Waals surface area contributed by atoms with Crippen LogP contribution in [-0.2, 0) is 4.74 Å². The van der Waals surface area contributed by atoms with Gasteiger partial charge in [0.1, 0.15) is 17.1 Å². The number of carbonyl (C=O) groups is 1. The van der Waals surface area contributed by atoms with E-state index < -0.39 is 0 Å². The maximum absolute atomic E-state index is 13.5. The van der Waals surface area contributed by atoms with Crippen LogP contribution in [0.15, 0.2) is 28.8 Å². The molecule has 5 rings (SSSR count). The number of nitrogens with zero attached hydrogens (tertiary/aromatic N) is 2. The Labute approximate surface area is 164 Å². The van der Waals surface area contributed by atoms with Crippen LogP contribution in [-0.4, -0.2) is 42.3 Å². The van der Waals surface area contributed by atoms with Gasteiger partial charge in [0, 0.05) is 30.6 Å².